The molecular formula is C15H19N3S. The van der Waals surface area contributed by atoms with E-state index >= 15 is 0 Å². The fraction of sp³-hybridized carbons (Fsp3) is 0.333. The summed E-state index contributed by atoms with van der Waals surface area (Å²) in [6.07, 6.45) is 7.63. The zero-order valence-corrected chi connectivity index (χ0v) is 12.1. The van der Waals surface area contributed by atoms with Gasteiger partial charge in [-0.3, -0.25) is 0 Å². The van der Waals surface area contributed by atoms with Crippen molar-refractivity contribution in [2.75, 3.05) is 18.0 Å². The highest BCUT2D eigenvalue weighted by Crippen LogP contribution is 2.31. The highest BCUT2D eigenvalue weighted by atomic mass is 32.1. The molecule has 0 aliphatic carbocycles. The van der Waals surface area contributed by atoms with Crippen molar-refractivity contribution in [2.24, 2.45) is 0 Å². The molecule has 0 saturated carbocycles. The molecule has 0 fully saturated rings. The lowest BCUT2D eigenvalue weighted by Crippen LogP contribution is -2.24. The Morgan fingerprint density at radius 1 is 1.26 bits per heavy atom. The van der Waals surface area contributed by atoms with Gasteiger partial charge < -0.3 is 4.90 Å². The van der Waals surface area contributed by atoms with Crippen LogP contribution in [0.25, 0.3) is 10.2 Å². The third kappa shape index (κ3) is 2.84. The van der Waals surface area contributed by atoms with E-state index in [0.717, 1.165) is 42.0 Å². The van der Waals surface area contributed by atoms with Crippen LogP contribution in [-0.4, -0.2) is 23.1 Å². The van der Waals surface area contributed by atoms with Gasteiger partial charge in [0.15, 0.2) is 5.82 Å². The van der Waals surface area contributed by atoms with Gasteiger partial charge in [-0.05, 0) is 17.4 Å². The first kappa shape index (κ1) is 13.7. The van der Waals surface area contributed by atoms with Crippen molar-refractivity contribution in [1.29, 1.82) is 0 Å². The maximum Gasteiger partial charge on any atom is 0.150 e. The van der Waals surface area contributed by atoms with Gasteiger partial charge in [0.25, 0.3) is 0 Å². The number of hydrogen-bond acceptors (Lipinski definition) is 4. The smallest absolute Gasteiger partial charge is 0.150 e. The van der Waals surface area contributed by atoms with Crippen molar-refractivity contribution in [1.82, 2.24) is 9.97 Å². The standard InChI is InChI=1S/C15H19N3S/c1-4-7-12-10-19-14-13(12)16-11-17-15(14)18(8-5-2)9-6-3/h5-6,10-11H,2-4,7-9H2,1H3. The molecule has 0 unspecified atom stereocenters. The van der Waals surface area contributed by atoms with E-state index in [-0.39, 0.29) is 0 Å². The monoisotopic (exact) mass is 273 g/mol. The van der Waals surface area contributed by atoms with Crippen LogP contribution in [0.5, 0.6) is 0 Å². The molecule has 2 aromatic heterocycles. The lowest BCUT2D eigenvalue weighted by atomic mass is 10.2. The van der Waals surface area contributed by atoms with E-state index < -0.39 is 0 Å². The first-order chi connectivity index (χ1) is 9.31. The van der Waals surface area contributed by atoms with Gasteiger partial charge in [-0.1, -0.05) is 25.5 Å². The topological polar surface area (TPSA) is 29.0 Å². The third-order valence-corrected chi connectivity index (χ3v) is 3.94. The van der Waals surface area contributed by atoms with Crippen LogP contribution in [0, 0.1) is 0 Å². The number of fused-ring (bicyclic) bond motifs is 1. The van der Waals surface area contributed by atoms with Gasteiger partial charge in [-0.15, -0.1) is 24.5 Å². The summed E-state index contributed by atoms with van der Waals surface area (Å²) in [4.78, 5) is 11.1. The molecule has 0 spiro atoms. The molecule has 4 heteroatoms. The maximum absolute atomic E-state index is 4.45. The molecule has 0 aliphatic heterocycles. The summed E-state index contributed by atoms with van der Waals surface area (Å²) in [6.45, 7) is 11.3. The highest BCUT2D eigenvalue weighted by Gasteiger charge is 2.14. The molecule has 0 bridgehead atoms. The van der Waals surface area contributed by atoms with Crippen molar-refractivity contribution in [3.63, 3.8) is 0 Å². The fourth-order valence-corrected chi connectivity index (χ4v) is 3.19. The second kappa shape index (κ2) is 6.48. The first-order valence-electron chi connectivity index (χ1n) is 6.49. The Kier molecular flexibility index (Phi) is 4.68. The molecule has 0 radical (unpaired) electrons. The molecule has 0 N–H and O–H groups in total. The van der Waals surface area contributed by atoms with Crippen LogP contribution in [0.2, 0.25) is 0 Å². The van der Waals surface area contributed by atoms with E-state index in [1.54, 1.807) is 17.7 Å². The molecule has 19 heavy (non-hydrogen) atoms. The Bertz CT molecular complexity index is 564. The second-order valence-corrected chi connectivity index (χ2v) is 5.25. The molecule has 2 heterocycles. The summed E-state index contributed by atoms with van der Waals surface area (Å²) in [7, 11) is 0. The minimum absolute atomic E-state index is 0.763. The number of anilines is 1. The van der Waals surface area contributed by atoms with Crippen LogP contribution in [0.1, 0.15) is 18.9 Å². The number of nitrogens with zero attached hydrogens (tertiary/aromatic N) is 3. The van der Waals surface area contributed by atoms with Gasteiger partial charge in [-0.2, -0.15) is 0 Å². The summed E-state index contributed by atoms with van der Waals surface area (Å²) >= 11 is 1.73. The van der Waals surface area contributed by atoms with E-state index in [9.17, 15) is 0 Å². The Hall–Kier alpha value is -1.68. The van der Waals surface area contributed by atoms with Crippen LogP contribution >= 0.6 is 11.3 Å². The van der Waals surface area contributed by atoms with Crippen molar-refractivity contribution in [3.8, 4) is 0 Å². The zero-order valence-electron chi connectivity index (χ0n) is 11.3. The third-order valence-electron chi connectivity index (χ3n) is 2.93. The number of aromatic nitrogens is 2. The van der Waals surface area contributed by atoms with E-state index in [0.29, 0.717) is 0 Å². The molecular weight excluding hydrogens is 254 g/mol. The Labute approximate surface area is 118 Å². The number of aryl methyl sites for hydroxylation is 1. The van der Waals surface area contributed by atoms with E-state index in [2.05, 4.69) is 40.3 Å². The van der Waals surface area contributed by atoms with Gasteiger partial charge in [0.1, 0.15) is 6.33 Å². The molecule has 0 saturated heterocycles. The van der Waals surface area contributed by atoms with Gasteiger partial charge in [0.2, 0.25) is 0 Å². The van der Waals surface area contributed by atoms with Crippen LogP contribution in [0.4, 0.5) is 5.82 Å². The Morgan fingerprint density at radius 2 is 2.00 bits per heavy atom. The summed E-state index contributed by atoms with van der Waals surface area (Å²) in [6, 6.07) is 0. The maximum atomic E-state index is 4.45. The van der Waals surface area contributed by atoms with Crippen LogP contribution < -0.4 is 4.90 Å². The molecule has 0 amide bonds. The quantitative estimate of drug-likeness (QED) is 0.718. The Morgan fingerprint density at radius 3 is 2.63 bits per heavy atom. The van der Waals surface area contributed by atoms with Crippen molar-refractivity contribution in [3.05, 3.63) is 42.6 Å². The zero-order chi connectivity index (χ0) is 13.7. The lowest BCUT2D eigenvalue weighted by Gasteiger charge is -2.20. The van der Waals surface area contributed by atoms with Crippen molar-refractivity contribution >= 4 is 27.4 Å². The van der Waals surface area contributed by atoms with Crippen LogP contribution in [0.3, 0.4) is 0 Å². The number of thiophene rings is 1. The normalized spacial score (nSPS) is 10.6. The largest absolute Gasteiger partial charge is 0.348 e. The molecule has 0 atom stereocenters. The minimum atomic E-state index is 0.763. The summed E-state index contributed by atoms with van der Waals surface area (Å²) in [5.41, 5.74) is 2.42. The van der Waals surface area contributed by atoms with Gasteiger partial charge >= 0.3 is 0 Å². The highest BCUT2D eigenvalue weighted by molar-refractivity contribution is 7.18. The molecule has 0 aromatic carbocycles. The number of hydrogen-bond donors (Lipinski definition) is 0. The number of rotatable bonds is 7. The predicted molar refractivity (Wildman–Crippen MR) is 84.0 cm³/mol. The van der Waals surface area contributed by atoms with Gasteiger partial charge in [-0.25, -0.2) is 9.97 Å². The summed E-state index contributed by atoms with van der Waals surface area (Å²) in [5, 5.41) is 2.20. The van der Waals surface area contributed by atoms with Gasteiger partial charge in [0, 0.05) is 13.1 Å². The average Bonchev–Trinajstić information content (AvgIpc) is 2.82. The van der Waals surface area contributed by atoms with E-state index in [1.807, 2.05) is 12.2 Å². The molecule has 2 aromatic rings. The average molecular weight is 273 g/mol. The summed E-state index contributed by atoms with van der Waals surface area (Å²) < 4.78 is 1.16. The molecule has 2 rings (SSSR count). The Balaban J connectivity index is 2.47. The SMILES string of the molecule is C=CCN(CC=C)c1ncnc2c(CCC)csc12. The van der Waals surface area contributed by atoms with E-state index in [1.165, 1.54) is 5.56 Å². The molecule has 3 nitrogen and oxygen atoms in total. The summed E-state index contributed by atoms with van der Waals surface area (Å²) in [5.74, 6) is 0.983. The molecule has 100 valence electrons. The molecule has 0 aliphatic rings. The van der Waals surface area contributed by atoms with Gasteiger partial charge in [0.05, 0.1) is 10.2 Å². The first-order valence-corrected chi connectivity index (χ1v) is 7.37. The fourth-order valence-electron chi connectivity index (χ4n) is 2.12. The van der Waals surface area contributed by atoms with E-state index in [4.69, 9.17) is 0 Å². The van der Waals surface area contributed by atoms with Crippen molar-refractivity contribution in [2.45, 2.75) is 19.8 Å². The van der Waals surface area contributed by atoms with Crippen LogP contribution in [-0.2, 0) is 6.42 Å². The minimum Gasteiger partial charge on any atom is -0.348 e. The van der Waals surface area contributed by atoms with Crippen LogP contribution in [0.15, 0.2) is 37.0 Å². The predicted octanol–water partition coefficient (Wildman–Crippen LogP) is 3.82. The lowest BCUT2D eigenvalue weighted by molar-refractivity contribution is 0.920. The van der Waals surface area contributed by atoms with Crippen molar-refractivity contribution < 1.29 is 0 Å². The second-order valence-electron chi connectivity index (χ2n) is 4.37.